The zero-order valence-corrected chi connectivity index (χ0v) is 34.9. The van der Waals surface area contributed by atoms with Crippen LogP contribution in [0.3, 0.4) is 0 Å². The molecular weight excluding hydrogens is 759 g/mol. The topological polar surface area (TPSA) is 155 Å². The SMILES string of the molecule is COC[C@H]1C[C@@H](c2ncc(-c3ccc4c(c3)COc3cc5c(cc3-4)CCc3[nH]c([C@@H]4CC[C@H](C)N4C(=O)[C@@H](NC(=O)OC)C(C)C)nc3-5)[nH]2)N(C(=O)Cc2ccccc2)C1. The number of alkyl carbamates (subject to hydrolysis) is 1. The van der Waals surface area contributed by atoms with Gasteiger partial charge in [0, 0.05) is 42.4 Å². The summed E-state index contributed by atoms with van der Waals surface area (Å²) in [6, 6.07) is 19.7. The number of fused-ring (bicyclic) bond motifs is 6. The van der Waals surface area contributed by atoms with Gasteiger partial charge in [0.15, 0.2) is 0 Å². The summed E-state index contributed by atoms with van der Waals surface area (Å²) in [4.78, 5) is 60.8. The van der Waals surface area contributed by atoms with Crippen molar-refractivity contribution in [1.82, 2.24) is 35.1 Å². The van der Waals surface area contributed by atoms with Crippen molar-refractivity contribution in [2.75, 3.05) is 27.4 Å². The van der Waals surface area contributed by atoms with E-state index in [1.54, 1.807) is 7.11 Å². The highest BCUT2D eigenvalue weighted by Gasteiger charge is 2.42. The third-order valence-electron chi connectivity index (χ3n) is 12.8. The van der Waals surface area contributed by atoms with Gasteiger partial charge >= 0.3 is 6.09 Å². The van der Waals surface area contributed by atoms with Crippen LogP contribution in [0.25, 0.3) is 33.6 Å². The molecular formula is C47H53N7O6. The minimum absolute atomic E-state index is 0.00118. The summed E-state index contributed by atoms with van der Waals surface area (Å²) >= 11 is 0. The summed E-state index contributed by atoms with van der Waals surface area (Å²) in [5.74, 6) is 2.47. The lowest BCUT2D eigenvalue weighted by Gasteiger charge is -2.32. The lowest BCUT2D eigenvalue weighted by Crippen LogP contribution is -2.52. The summed E-state index contributed by atoms with van der Waals surface area (Å²) in [6.07, 6.45) is 5.67. The van der Waals surface area contributed by atoms with Crippen LogP contribution < -0.4 is 10.1 Å². The van der Waals surface area contributed by atoms with E-state index < -0.39 is 12.1 Å². The standard InChI is InChI=1S/C47H53N7O6/c1-26(2)42(52-47(57)59-5)46(56)54-27(3)11-16-38(54)45-49-36-15-13-30-20-35-33-14-12-31(19-32(33)25-60-40(35)21-34(30)43(36)51-45)37-22-48-44(50-37)39-17-29(24-58-4)23-53(39)41(55)18-28-9-7-6-8-10-28/h6-10,12,14,19-22,26-27,29,38-39,42H,11,13,15-18,23-25H2,1-5H3,(H,48,50)(H,49,51)(H,52,57)/t27-,29-,38-,39-,42-/m0/s1. The van der Waals surface area contributed by atoms with Crippen molar-refractivity contribution in [1.29, 1.82) is 0 Å². The van der Waals surface area contributed by atoms with Crippen LogP contribution in [0.2, 0.25) is 0 Å². The van der Waals surface area contributed by atoms with Crippen molar-refractivity contribution in [3.63, 3.8) is 0 Å². The lowest BCUT2D eigenvalue weighted by atomic mass is 9.86. The summed E-state index contributed by atoms with van der Waals surface area (Å²) < 4.78 is 16.8. The Morgan fingerprint density at radius 1 is 0.933 bits per heavy atom. The molecule has 0 spiro atoms. The van der Waals surface area contributed by atoms with Gasteiger partial charge in [0.2, 0.25) is 11.8 Å². The highest BCUT2D eigenvalue weighted by molar-refractivity contribution is 5.87. The summed E-state index contributed by atoms with van der Waals surface area (Å²) in [5, 5.41) is 2.76. The molecule has 1 aliphatic carbocycles. The van der Waals surface area contributed by atoms with E-state index in [1.165, 1.54) is 12.7 Å². The van der Waals surface area contributed by atoms with Gasteiger partial charge in [-0.2, -0.15) is 0 Å². The number of methoxy groups -OCH3 is 2. The maximum absolute atomic E-state index is 14.0. The fourth-order valence-electron chi connectivity index (χ4n) is 9.75. The Kier molecular flexibility index (Phi) is 10.7. The molecule has 4 aliphatic rings. The number of nitrogens with one attached hydrogen (secondary N) is 3. The molecule has 5 aromatic rings. The Morgan fingerprint density at radius 3 is 2.55 bits per heavy atom. The number of benzene rings is 3. The number of hydrogen-bond acceptors (Lipinski definition) is 8. The number of carbonyl (C=O) groups is 3. The van der Waals surface area contributed by atoms with Crippen LogP contribution >= 0.6 is 0 Å². The summed E-state index contributed by atoms with van der Waals surface area (Å²) in [6.45, 7) is 7.56. The van der Waals surface area contributed by atoms with E-state index in [-0.39, 0.29) is 41.8 Å². The average Bonchev–Trinajstić information content (AvgIpc) is 4.08. The number of H-pyrrole nitrogens is 2. The van der Waals surface area contributed by atoms with Crippen molar-refractivity contribution in [2.45, 2.75) is 90.1 Å². The largest absolute Gasteiger partial charge is 0.488 e. The van der Waals surface area contributed by atoms with Gasteiger partial charge in [0.25, 0.3) is 0 Å². The van der Waals surface area contributed by atoms with Crippen molar-refractivity contribution >= 4 is 17.9 Å². The first-order chi connectivity index (χ1) is 29.1. The number of carbonyl (C=O) groups excluding carboxylic acids is 3. The van der Waals surface area contributed by atoms with E-state index in [4.69, 9.17) is 24.2 Å². The second-order valence-electron chi connectivity index (χ2n) is 17.1. The minimum Gasteiger partial charge on any atom is -0.488 e. The van der Waals surface area contributed by atoms with Crippen molar-refractivity contribution in [3.05, 3.63) is 101 Å². The van der Waals surface area contributed by atoms with Crippen molar-refractivity contribution in [2.24, 2.45) is 11.8 Å². The number of rotatable bonds is 10. The molecule has 2 fully saturated rings. The Labute approximate surface area is 350 Å². The summed E-state index contributed by atoms with van der Waals surface area (Å²) in [5.41, 5.74) is 10.4. The van der Waals surface area contributed by atoms with Gasteiger partial charge in [0.1, 0.15) is 30.0 Å². The Bertz CT molecular complexity index is 2420. The zero-order valence-electron chi connectivity index (χ0n) is 34.9. The number of hydrogen-bond donors (Lipinski definition) is 3. The van der Waals surface area contributed by atoms with Gasteiger partial charge in [-0.3, -0.25) is 9.59 Å². The van der Waals surface area contributed by atoms with Crippen LogP contribution in [-0.2, 0) is 44.9 Å². The van der Waals surface area contributed by atoms with E-state index in [0.29, 0.717) is 26.2 Å². The number of aromatic amines is 2. The molecule has 60 heavy (non-hydrogen) atoms. The molecule has 3 amide bonds. The molecule has 0 saturated carbocycles. The molecule has 2 saturated heterocycles. The minimum atomic E-state index is -0.704. The first-order valence-corrected chi connectivity index (χ1v) is 21.2. The first-order valence-electron chi connectivity index (χ1n) is 21.2. The fourth-order valence-corrected chi connectivity index (χ4v) is 9.75. The third kappa shape index (κ3) is 7.33. The van der Waals surface area contributed by atoms with E-state index >= 15 is 0 Å². The molecule has 5 heterocycles. The first kappa shape index (κ1) is 39.5. The number of aromatic nitrogens is 4. The van der Waals surface area contributed by atoms with Gasteiger partial charge in [-0.1, -0.05) is 56.3 Å². The molecule has 2 aromatic heterocycles. The normalized spacial score (nSPS) is 20.8. The quantitative estimate of drug-likeness (QED) is 0.133. The molecule has 3 aliphatic heterocycles. The van der Waals surface area contributed by atoms with E-state index in [9.17, 15) is 14.4 Å². The zero-order chi connectivity index (χ0) is 41.7. The average molecular weight is 812 g/mol. The molecule has 13 nitrogen and oxygen atoms in total. The molecule has 0 bridgehead atoms. The lowest BCUT2D eigenvalue weighted by molar-refractivity contribution is -0.137. The molecule has 9 rings (SSSR count). The van der Waals surface area contributed by atoms with Crippen LogP contribution in [0.4, 0.5) is 4.79 Å². The highest BCUT2D eigenvalue weighted by atomic mass is 16.5. The predicted molar refractivity (Wildman–Crippen MR) is 226 cm³/mol. The third-order valence-corrected chi connectivity index (χ3v) is 12.8. The molecule has 3 N–H and O–H groups in total. The van der Waals surface area contributed by atoms with Crippen molar-refractivity contribution < 1.29 is 28.6 Å². The molecule has 3 aromatic carbocycles. The number of imidazole rings is 2. The van der Waals surface area contributed by atoms with E-state index in [1.807, 2.05) is 60.2 Å². The number of ether oxygens (including phenoxy) is 3. The molecule has 0 radical (unpaired) electrons. The van der Waals surface area contributed by atoms with Gasteiger partial charge in [-0.05, 0) is 91.0 Å². The maximum atomic E-state index is 14.0. The van der Waals surface area contributed by atoms with Crippen LogP contribution in [-0.4, -0.2) is 87.1 Å². The number of nitrogens with zero attached hydrogens (tertiary/aromatic N) is 4. The molecule has 0 unspecified atom stereocenters. The fraction of sp³-hybridized carbons (Fsp3) is 0.426. The Morgan fingerprint density at radius 2 is 1.77 bits per heavy atom. The Hall–Kier alpha value is -5.95. The van der Waals surface area contributed by atoms with Crippen LogP contribution in [0.15, 0.2) is 66.9 Å². The second-order valence-corrected chi connectivity index (χ2v) is 17.1. The van der Waals surface area contributed by atoms with Gasteiger partial charge in [-0.25, -0.2) is 14.8 Å². The van der Waals surface area contributed by atoms with E-state index in [0.717, 1.165) is 100.0 Å². The summed E-state index contributed by atoms with van der Waals surface area (Å²) in [7, 11) is 3.02. The van der Waals surface area contributed by atoms with Gasteiger partial charge in [-0.15, -0.1) is 0 Å². The smallest absolute Gasteiger partial charge is 0.407 e. The van der Waals surface area contributed by atoms with Crippen LogP contribution in [0.1, 0.15) is 86.2 Å². The maximum Gasteiger partial charge on any atom is 0.407 e. The van der Waals surface area contributed by atoms with Gasteiger partial charge < -0.3 is 39.3 Å². The Balaban J connectivity index is 0.947. The molecule has 5 atom stereocenters. The van der Waals surface area contributed by atoms with E-state index in [2.05, 4.69) is 52.5 Å². The van der Waals surface area contributed by atoms with Crippen LogP contribution in [0, 0.1) is 11.8 Å². The number of aryl methyl sites for hydroxylation is 2. The van der Waals surface area contributed by atoms with Crippen molar-refractivity contribution in [3.8, 4) is 39.4 Å². The predicted octanol–water partition coefficient (Wildman–Crippen LogP) is 7.34. The van der Waals surface area contributed by atoms with Gasteiger partial charge in [0.05, 0.1) is 49.8 Å². The molecule has 13 heteroatoms. The number of likely N-dealkylation sites (tertiary alicyclic amines) is 2. The molecule has 312 valence electrons. The highest BCUT2D eigenvalue weighted by Crippen LogP contribution is 2.46. The number of amides is 3. The van der Waals surface area contributed by atoms with Crippen LogP contribution in [0.5, 0.6) is 5.75 Å². The second kappa shape index (κ2) is 16.2. The monoisotopic (exact) mass is 811 g/mol.